The van der Waals surface area contributed by atoms with Gasteiger partial charge < -0.3 is 11.1 Å². The van der Waals surface area contributed by atoms with Crippen LogP contribution in [0.15, 0.2) is 12.1 Å². The van der Waals surface area contributed by atoms with Crippen LogP contribution in [-0.4, -0.2) is 5.91 Å². The maximum atomic E-state index is 11.4. The van der Waals surface area contributed by atoms with Gasteiger partial charge in [-0.2, -0.15) is 0 Å². The molecule has 0 saturated heterocycles. The highest BCUT2D eigenvalue weighted by atomic mass is 16.1. The Morgan fingerprint density at radius 3 is 2.82 bits per heavy atom. The van der Waals surface area contributed by atoms with Crippen molar-refractivity contribution in [3.8, 4) is 0 Å². The summed E-state index contributed by atoms with van der Waals surface area (Å²) in [7, 11) is 0. The monoisotopic (exact) mass is 232 g/mol. The topological polar surface area (TPSA) is 55.1 Å². The van der Waals surface area contributed by atoms with Crippen molar-refractivity contribution in [3.05, 3.63) is 28.8 Å². The summed E-state index contributed by atoms with van der Waals surface area (Å²) in [4.78, 5) is 11.4. The van der Waals surface area contributed by atoms with E-state index in [1.165, 1.54) is 11.1 Å². The van der Waals surface area contributed by atoms with Gasteiger partial charge in [-0.05, 0) is 29.5 Å². The first-order valence-electron chi connectivity index (χ1n) is 6.36. The first-order chi connectivity index (χ1) is 8.15. The third-order valence-electron chi connectivity index (χ3n) is 3.35. The van der Waals surface area contributed by atoms with Gasteiger partial charge >= 0.3 is 0 Å². The van der Waals surface area contributed by atoms with E-state index < -0.39 is 0 Å². The van der Waals surface area contributed by atoms with Gasteiger partial charge in [-0.3, -0.25) is 4.79 Å². The Bertz CT molecular complexity index is 440. The Hall–Kier alpha value is -1.35. The average Bonchev–Trinajstić information content (AvgIpc) is 2.68. The van der Waals surface area contributed by atoms with Crippen molar-refractivity contribution in [1.82, 2.24) is 0 Å². The minimum atomic E-state index is 0.0892. The lowest BCUT2D eigenvalue weighted by atomic mass is 9.95. The van der Waals surface area contributed by atoms with E-state index in [0.717, 1.165) is 30.5 Å². The Morgan fingerprint density at radius 1 is 1.41 bits per heavy atom. The number of anilines is 1. The Labute approximate surface area is 102 Å². The standard InChI is InChI=1S/C14H20N2O/c1-3-5-12(15)10-6-9(4-2)14-11(7-10)8-13(17)16-14/h6-7,12H,3-5,8,15H2,1-2H3,(H,16,17). The second-order valence-corrected chi connectivity index (χ2v) is 4.69. The lowest BCUT2D eigenvalue weighted by Gasteiger charge is -2.15. The fraction of sp³-hybridized carbons (Fsp3) is 0.500. The van der Waals surface area contributed by atoms with E-state index in [9.17, 15) is 4.79 Å². The Morgan fingerprint density at radius 2 is 2.18 bits per heavy atom. The predicted octanol–water partition coefficient (Wildman–Crippen LogP) is 2.54. The van der Waals surface area contributed by atoms with Gasteiger partial charge in [0.25, 0.3) is 0 Å². The summed E-state index contributed by atoms with van der Waals surface area (Å²) >= 11 is 0. The molecule has 1 aromatic carbocycles. The number of hydrogen-bond acceptors (Lipinski definition) is 2. The summed E-state index contributed by atoms with van der Waals surface area (Å²) in [5, 5.41) is 2.94. The number of carbonyl (C=O) groups is 1. The molecular formula is C14H20N2O. The molecule has 0 aromatic heterocycles. The van der Waals surface area contributed by atoms with Crippen molar-refractivity contribution in [1.29, 1.82) is 0 Å². The van der Waals surface area contributed by atoms with Gasteiger partial charge in [0.2, 0.25) is 5.91 Å². The number of benzene rings is 1. The SMILES string of the molecule is CCCC(N)c1cc(CC)c2c(c1)CC(=O)N2. The van der Waals surface area contributed by atoms with Crippen molar-refractivity contribution < 1.29 is 4.79 Å². The molecule has 0 spiro atoms. The molecule has 1 unspecified atom stereocenters. The first-order valence-corrected chi connectivity index (χ1v) is 6.36. The number of rotatable bonds is 4. The van der Waals surface area contributed by atoms with E-state index in [1.807, 2.05) is 0 Å². The molecule has 0 fully saturated rings. The number of nitrogens with two attached hydrogens (primary N) is 1. The molecule has 3 N–H and O–H groups in total. The van der Waals surface area contributed by atoms with E-state index in [0.29, 0.717) is 6.42 Å². The molecule has 1 aliphatic rings. The van der Waals surface area contributed by atoms with Gasteiger partial charge in [0.05, 0.1) is 6.42 Å². The molecular weight excluding hydrogens is 212 g/mol. The fourth-order valence-corrected chi connectivity index (χ4v) is 2.42. The van der Waals surface area contributed by atoms with Crippen molar-refractivity contribution in [2.75, 3.05) is 5.32 Å². The van der Waals surface area contributed by atoms with Gasteiger partial charge in [0.15, 0.2) is 0 Å². The molecule has 0 saturated carbocycles. The summed E-state index contributed by atoms with van der Waals surface area (Å²) in [5.41, 5.74) is 10.6. The van der Waals surface area contributed by atoms with Crippen LogP contribution in [0.1, 0.15) is 49.4 Å². The highest BCUT2D eigenvalue weighted by Crippen LogP contribution is 2.31. The number of fused-ring (bicyclic) bond motifs is 1. The van der Waals surface area contributed by atoms with Gasteiger partial charge in [-0.15, -0.1) is 0 Å². The van der Waals surface area contributed by atoms with Crippen molar-refractivity contribution in [2.45, 2.75) is 45.6 Å². The summed E-state index contributed by atoms with van der Waals surface area (Å²) in [5.74, 6) is 0.0934. The van der Waals surface area contributed by atoms with Crippen LogP contribution in [-0.2, 0) is 17.6 Å². The third-order valence-corrected chi connectivity index (χ3v) is 3.35. The molecule has 3 heteroatoms. The van der Waals surface area contributed by atoms with Gasteiger partial charge in [0.1, 0.15) is 0 Å². The maximum absolute atomic E-state index is 11.4. The van der Waals surface area contributed by atoms with Crippen LogP contribution in [0.25, 0.3) is 0 Å². The predicted molar refractivity (Wildman–Crippen MR) is 70.0 cm³/mol. The normalized spacial score (nSPS) is 15.6. The van der Waals surface area contributed by atoms with Crippen LogP contribution in [0.2, 0.25) is 0 Å². The van der Waals surface area contributed by atoms with Gasteiger partial charge in [-0.25, -0.2) is 0 Å². The number of aryl methyl sites for hydroxylation is 1. The highest BCUT2D eigenvalue weighted by molar-refractivity contribution is 6.00. The van der Waals surface area contributed by atoms with Gasteiger partial charge in [0, 0.05) is 11.7 Å². The zero-order chi connectivity index (χ0) is 12.4. The number of hydrogen-bond donors (Lipinski definition) is 2. The Balaban J connectivity index is 2.38. The van der Waals surface area contributed by atoms with Crippen LogP contribution < -0.4 is 11.1 Å². The molecule has 1 aliphatic heterocycles. The zero-order valence-corrected chi connectivity index (χ0v) is 10.5. The highest BCUT2D eigenvalue weighted by Gasteiger charge is 2.22. The molecule has 0 radical (unpaired) electrons. The minimum Gasteiger partial charge on any atom is -0.325 e. The second kappa shape index (κ2) is 4.88. The molecule has 2 rings (SSSR count). The molecule has 17 heavy (non-hydrogen) atoms. The first kappa shape index (κ1) is 12.1. The van der Waals surface area contributed by atoms with E-state index in [4.69, 9.17) is 5.73 Å². The fourth-order valence-electron chi connectivity index (χ4n) is 2.42. The zero-order valence-electron chi connectivity index (χ0n) is 10.5. The number of amides is 1. The molecule has 1 aromatic rings. The number of carbonyl (C=O) groups excluding carboxylic acids is 1. The quantitative estimate of drug-likeness (QED) is 0.838. The molecule has 3 nitrogen and oxygen atoms in total. The average molecular weight is 232 g/mol. The van der Waals surface area contributed by atoms with Crippen molar-refractivity contribution in [2.24, 2.45) is 5.73 Å². The van der Waals surface area contributed by atoms with Gasteiger partial charge in [-0.1, -0.05) is 32.4 Å². The number of nitrogens with one attached hydrogen (secondary N) is 1. The van der Waals surface area contributed by atoms with Crippen molar-refractivity contribution >= 4 is 11.6 Å². The minimum absolute atomic E-state index is 0.0892. The lowest BCUT2D eigenvalue weighted by molar-refractivity contribution is -0.115. The van der Waals surface area contributed by atoms with E-state index in [-0.39, 0.29) is 11.9 Å². The molecule has 0 bridgehead atoms. The van der Waals surface area contributed by atoms with Crippen LogP contribution in [0.3, 0.4) is 0 Å². The van der Waals surface area contributed by atoms with Crippen LogP contribution in [0.4, 0.5) is 5.69 Å². The van der Waals surface area contributed by atoms with Crippen LogP contribution in [0, 0.1) is 0 Å². The third kappa shape index (κ3) is 2.34. The molecule has 1 heterocycles. The Kier molecular flexibility index (Phi) is 3.48. The molecule has 0 aliphatic carbocycles. The summed E-state index contributed by atoms with van der Waals surface area (Å²) in [6.45, 7) is 4.24. The molecule has 1 amide bonds. The van der Waals surface area contributed by atoms with E-state index >= 15 is 0 Å². The smallest absolute Gasteiger partial charge is 0.228 e. The van der Waals surface area contributed by atoms with E-state index in [1.54, 1.807) is 0 Å². The summed E-state index contributed by atoms with van der Waals surface area (Å²) < 4.78 is 0. The van der Waals surface area contributed by atoms with Crippen LogP contribution in [0.5, 0.6) is 0 Å². The maximum Gasteiger partial charge on any atom is 0.228 e. The van der Waals surface area contributed by atoms with Crippen molar-refractivity contribution in [3.63, 3.8) is 0 Å². The summed E-state index contributed by atoms with van der Waals surface area (Å²) in [6.07, 6.45) is 3.49. The molecule has 92 valence electrons. The summed E-state index contributed by atoms with van der Waals surface area (Å²) in [6, 6.07) is 4.32. The lowest BCUT2D eigenvalue weighted by Crippen LogP contribution is -2.10. The molecule has 1 atom stereocenters. The van der Waals surface area contributed by atoms with E-state index in [2.05, 4.69) is 31.3 Å². The second-order valence-electron chi connectivity index (χ2n) is 4.69. The van der Waals surface area contributed by atoms with Crippen LogP contribution >= 0.6 is 0 Å². The largest absolute Gasteiger partial charge is 0.325 e.